The second-order valence-electron chi connectivity index (χ2n) is 7.28. The number of benzene rings is 1. The molecule has 2 fully saturated rings. The van der Waals surface area contributed by atoms with Crippen LogP contribution in [0.1, 0.15) is 72.2 Å². The Morgan fingerprint density at radius 2 is 2.08 bits per heavy atom. The molecule has 5 nitrogen and oxygen atoms in total. The molecule has 5 heteroatoms. The summed E-state index contributed by atoms with van der Waals surface area (Å²) in [6.07, 6.45) is 3.99. The summed E-state index contributed by atoms with van der Waals surface area (Å²) in [5.74, 6) is 2.08. The Hall–Kier alpha value is -1.72. The van der Waals surface area contributed by atoms with Gasteiger partial charge in [0.05, 0.1) is 12.1 Å². The van der Waals surface area contributed by atoms with E-state index in [0.29, 0.717) is 12.5 Å². The number of aliphatic hydroxyl groups excluding tert-OH is 1. The van der Waals surface area contributed by atoms with Crippen LogP contribution in [-0.2, 0) is 0 Å². The van der Waals surface area contributed by atoms with Crippen LogP contribution in [0.2, 0.25) is 0 Å². The minimum absolute atomic E-state index is 0.169. The maximum Gasteiger partial charge on any atom is 0.229 e. The molecule has 0 unspecified atom stereocenters. The number of β-amino-alcohol motifs (C(OH)–C–C–N with tert-alkyl or cyclic N) is 1. The molecular formula is C19H25N3O2. The molecule has 0 bridgehead atoms. The fraction of sp³-hybridized carbons (Fsp3) is 0.579. The highest BCUT2D eigenvalue weighted by atomic mass is 16.5. The van der Waals surface area contributed by atoms with E-state index in [1.807, 2.05) is 6.07 Å². The van der Waals surface area contributed by atoms with Gasteiger partial charge in [-0.2, -0.15) is 4.98 Å². The van der Waals surface area contributed by atoms with Crippen molar-refractivity contribution in [2.24, 2.45) is 0 Å². The van der Waals surface area contributed by atoms with E-state index in [0.717, 1.165) is 36.7 Å². The summed E-state index contributed by atoms with van der Waals surface area (Å²) in [6, 6.07) is 6.36. The summed E-state index contributed by atoms with van der Waals surface area (Å²) in [5, 5.41) is 14.9. The third kappa shape index (κ3) is 3.10. The summed E-state index contributed by atoms with van der Waals surface area (Å²) in [5.41, 5.74) is 3.46. The zero-order chi connectivity index (χ0) is 16.7. The molecule has 1 aliphatic carbocycles. The van der Waals surface area contributed by atoms with Crippen LogP contribution in [0.15, 0.2) is 22.7 Å². The molecule has 0 spiro atoms. The zero-order valence-electron chi connectivity index (χ0n) is 14.4. The molecule has 128 valence electrons. The molecule has 1 aromatic carbocycles. The first kappa shape index (κ1) is 15.8. The van der Waals surface area contributed by atoms with Crippen LogP contribution in [0.5, 0.6) is 0 Å². The van der Waals surface area contributed by atoms with Crippen molar-refractivity contribution in [3.05, 3.63) is 46.6 Å². The van der Waals surface area contributed by atoms with Gasteiger partial charge in [0.25, 0.3) is 0 Å². The van der Waals surface area contributed by atoms with Gasteiger partial charge < -0.3 is 9.63 Å². The van der Waals surface area contributed by atoms with Crippen LogP contribution in [0, 0.1) is 13.8 Å². The second-order valence-corrected chi connectivity index (χ2v) is 7.28. The third-order valence-corrected chi connectivity index (χ3v) is 5.37. The van der Waals surface area contributed by atoms with Gasteiger partial charge in [0.2, 0.25) is 5.89 Å². The first-order chi connectivity index (χ1) is 11.6. The van der Waals surface area contributed by atoms with Crippen LogP contribution < -0.4 is 0 Å². The molecule has 1 saturated carbocycles. The molecule has 24 heavy (non-hydrogen) atoms. The second kappa shape index (κ2) is 6.30. The smallest absolute Gasteiger partial charge is 0.229 e. The van der Waals surface area contributed by atoms with E-state index in [-0.39, 0.29) is 6.04 Å². The topological polar surface area (TPSA) is 62.4 Å². The van der Waals surface area contributed by atoms with Gasteiger partial charge in [0.15, 0.2) is 5.82 Å². The Kier molecular flexibility index (Phi) is 4.14. The number of hydrogen-bond acceptors (Lipinski definition) is 5. The number of rotatable bonds is 5. The van der Waals surface area contributed by atoms with Gasteiger partial charge in [-0.3, -0.25) is 4.90 Å². The van der Waals surface area contributed by atoms with Crippen LogP contribution >= 0.6 is 0 Å². The maximum atomic E-state index is 10.7. The molecular weight excluding hydrogens is 302 g/mol. The molecule has 1 N–H and O–H groups in total. The summed E-state index contributed by atoms with van der Waals surface area (Å²) < 4.78 is 5.42. The van der Waals surface area contributed by atoms with Gasteiger partial charge in [-0.15, -0.1) is 0 Å². The SMILES string of the molecule is Cc1ccc([C@@H](O)CN2CCC[C@H]2c2noc(C3CC3)n2)cc1C. The molecule has 0 radical (unpaired) electrons. The Balaban J connectivity index is 1.46. The lowest BCUT2D eigenvalue weighted by Gasteiger charge is -2.25. The van der Waals surface area contributed by atoms with E-state index >= 15 is 0 Å². The summed E-state index contributed by atoms with van der Waals surface area (Å²) in [7, 11) is 0. The normalized spacial score (nSPS) is 22.9. The number of aliphatic hydroxyl groups is 1. The van der Waals surface area contributed by atoms with Gasteiger partial charge in [-0.25, -0.2) is 0 Å². The molecule has 1 saturated heterocycles. The van der Waals surface area contributed by atoms with Crippen molar-refractivity contribution in [2.75, 3.05) is 13.1 Å². The standard InChI is InChI=1S/C19H25N3O2/c1-12-5-6-15(10-13(12)2)17(23)11-22-9-3-4-16(22)18-20-19(24-21-18)14-7-8-14/h5-6,10,14,16-17,23H,3-4,7-9,11H2,1-2H3/t16-,17-/m0/s1. The first-order valence-corrected chi connectivity index (χ1v) is 8.94. The highest BCUT2D eigenvalue weighted by Gasteiger charge is 2.34. The number of likely N-dealkylation sites (tertiary alicyclic amines) is 1. The number of aromatic nitrogens is 2. The Morgan fingerprint density at radius 1 is 1.25 bits per heavy atom. The van der Waals surface area contributed by atoms with E-state index in [2.05, 4.69) is 41.0 Å². The average molecular weight is 327 g/mol. The predicted molar refractivity (Wildman–Crippen MR) is 90.7 cm³/mol. The van der Waals surface area contributed by atoms with E-state index in [1.54, 1.807) is 0 Å². The molecule has 1 aromatic heterocycles. The van der Waals surface area contributed by atoms with Gasteiger partial charge in [-0.05, 0) is 62.8 Å². The fourth-order valence-electron chi connectivity index (χ4n) is 3.52. The largest absolute Gasteiger partial charge is 0.387 e. The van der Waals surface area contributed by atoms with Gasteiger partial charge in [0, 0.05) is 12.5 Å². The Bertz CT molecular complexity index is 723. The van der Waals surface area contributed by atoms with Crippen molar-refractivity contribution in [2.45, 2.75) is 57.6 Å². The Morgan fingerprint density at radius 3 is 2.83 bits per heavy atom. The highest BCUT2D eigenvalue weighted by Crippen LogP contribution is 2.40. The van der Waals surface area contributed by atoms with Crippen molar-refractivity contribution in [3.63, 3.8) is 0 Å². The number of nitrogens with zero attached hydrogens (tertiary/aromatic N) is 3. The first-order valence-electron chi connectivity index (χ1n) is 8.94. The lowest BCUT2D eigenvalue weighted by atomic mass is 10.0. The van der Waals surface area contributed by atoms with Crippen molar-refractivity contribution in [3.8, 4) is 0 Å². The summed E-state index contributed by atoms with van der Waals surface area (Å²) in [4.78, 5) is 6.90. The molecule has 2 aromatic rings. The van der Waals surface area contributed by atoms with Gasteiger partial charge in [0.1, 0.15) is 0 Å². The van der Waals surface area contributed by atoms with Crippen molar-refractivity contribution in [1.29, 1.82) is 0 Å². The van der Waals surface area contributed by atoms with Crippen LogP contribution in [0.4, 0.5) is 0 Å². The van der Waals surface area contributed by atoms with Crippen molar-refractivity contribution < 1.29 is 9.63 Å². The van der Waals surface area contributed by atoms with E-state index in [9.17, 15) is 5.11 Å². The minimum atomic E-state index is -0.486. The zero-order valence-corrected chi connectivity index (χ0v) is 14.4. The van der Waals surface area contributed by atoms with Crippen molar-refractivity contribution in [1.82, 2.24) is 15.0 Å². The van der Waals surface area contributed by atoms with Crippen LogP contribution in [-0.4, -0.2) is 33.2 Å². The van der Waals surface area contributed by atoms with Gasteiger partial charge in [-0.1, -0.05) is 23.4 Å². The highest BCUT2D eigenvalue weighted by molar-refractivity contribution is 5.31. The third-order valence-electron chi connectivity index (χ3n) is 5.37. The van der Waals surface area contributed by atoms with E-state index in [4.69, 9.17) is 4.52 Å². The van der Waals surface area contributed by atoms with Crippen LogP contribution in [0.25, 0.3) is 0 Å². The number of hydrogen-bond donors (Lipinski definition) is 1. The molecule has 1 aliphatic heterocycles. The van der Waals surface area contributed by atoms with E-state index < -0.39 is 6.10 Å². The number of aryl methyl sites for hydroxylation is 2. The quantitative estimate of drug-likeness (QED) is 0.911. The van der Waals surface area contributed by atoms with Crippen molar-refractivity contribution >= 4 is 0 Å². The van der Waals surface area contributed by atoms with Gasteiger partial charge >= 0.3 is 0 Å². The Labute approximate surface area is 142 Å². The summed E-state index contributed by atoms with van der Waals surface area (Å²) >= 11 is 0. The molecule has 2 atom stereocenters. The lowest BCUT2D eigenvalue weighted by Crippen LogP contribution is -2.29. The molecule has 4 rings (SSSR count). The summed E-state index contributed by atoms with van der Waals surface area (Å²) in [6.45, 7) is 5.76. The predicted octanol–water partition coefficient (Wildman–Crippen LogP) is 3.43. The van der Waals surface area contributed by atoms with E-state index in [1.165, 1.54) is 24.0 Å². The lowest BCUT2D eigenvalue weighted by molar-refractivity contribution is 0.103. The fourth-order valence-corrected chi connectivity index (χ4v) is 3.52. The maximum absolute atomic E-state index is 10.7. The molecule has 2 heterocycles. The minimum Gasteiger partial charge on any atom is -0.387 e. The average Bonchev–Trinajstić information content (AvgIpc) is 3.12. The molecule has 0 amide bonds. The molecule has 2 aliphatic rings. The van der Waals surface area contributed by atoms with Crippen LogP contribution in [0.3, 0.4) is 0 Å². The monoisotopic (exact) mass is 327 g/mol.